The van der Waals surface area contributed by atoms with E-state index in [4.69, 9.17) is 0 Å². The van der Waals surface area contributed by atoms with Gasteiger partial charge in [0.05, 0.1) is 23.2 Å². The van der Waals surface area contributed by atoms with Crippen LogP contribution in [0.15, 0.2) is 30.3 Å². The highest BCUT2D eigenvalue weighted by Gasteiger charge is 2.31. The van der Waals surface area contributed by atoms with Gasteiger partial charge in [0.1, 0.15) is 0 Å². The molecule has 0 spiro atoms. The molecule has 6 nitrogen and oxygen atoms in total. The minimum atomic E-state index is -0.418. The Labute approximate surface area is 170 Å². The van der Waals surface area contributed by atoms with Crippen molar-refractivity contribution in [3.8, 4) is 0 Å². The van der Waals surface area contributed by atoms with Crippen LogP contribution >= 0.6 is 11.3 Å². The minimum absolute atomic E-state index is 0.0638. The molecule has 1 aliphatic rings. The fourth-order valence-corrected chi connectivity index (χ4v) is 4.33. The van der Waals surface area contributed by atoms with E-state index in [2.05, 4.69) is 27.4 Å². The molecule has 0 saturated carbocycles. The van der Waals surface area contributed by atoms with Crippen LogP contribution in [0.5, 0.6) is 0 Å². The molecule has 1 aromatic heterocycles. The Kier molecular flexibility index (Phi) is 7.17. The van der Waals surface area contributed by atoms with E-state index in [1.165, 1.54) is 4.88 Å². The number of piperazine rings is 1. The summed E-state index contributed by atoms with van der Waals surface area (Å²) in [5.41, 5.74) is 2.24. The van der Waals surface area contributed by atoms with Gasteiger partial charge in [0, 0.05) is 37.5 Å². The third kappa shape index (κ3) is 5.62. The first-order chi connectivity index (χ1) is 13.5. The van der Waals surface area contributed by atoms with Gasteiger partial charge in [-0.3, -0.25) is 14.5 Å². The molecule has 2 heterocycles. The summed E-state index contributed by atoms with van der Waals surface area (Å²) in [5, 5.41) is 6.96. The van der Waals surface area contributed by atoms with Crippen molar-refractivity contribution >= 4 is 23.2 Å². The van der Waals surface area contributed by atoms with Crippen molar-refractivity contribution in [2.75, 3.05) is 19.6 Å². The topological polar surface area (TPSA) is 74.3 Å². The van der Waals surface area contributed by atoms with E-state index in [1.54, 1.807) is 11.3 Å². The van der Waals surface area contributed by atoms with Crippen LogP contribution in [0.1, 0.15) is 34.0 Å². The van der Waals surface area contributed by atoms with Crippen LogP contribution in [-0.2, 0) is 22.6 Å². The predicted octanol–water partition coefficient (Wildman–Crippen LogP) is 2.20. The number of nitrogens with zero attached hydrogens (tertiary/aromatic N) is 2. The molecule has 28 heavy (non-hydrogen) atoms. The normalized spacial score (nSPS) is 17.4. The minimum Gasteiger partial charge on any atom is -0.356 e. The smallest absolute Gasteiger partial charge is 0.237 e. The molecule has 1 saturated heterocycles. The van der Waals surface area contributed by atoms with Crippen LogP contribution in [0.4, 0.5) is 0 Å². The molecule has 3 rings (SSSR count). The van der Waals surface area contributed by atoms with Crippen molar-refractivity contribution < 1.29 is 9.59 Å². The Bertz CT molecular complexity index is 786. The van der Waals surface area contributed by atoms with Gasteiger partial charge in [-0.25, -0.2) is 4.98 Å². The summed E-state index contributed by atoms with van der Waals surface area (Å²) in [5.74, 6) is -0.141. The third-order valence-corrected chi connectivity index (χ3v) is 6.14. The maximum absolute atomic E-state index is 12.4. The lowest BCUT2D eigenvalue weighted by molar-refractivity contribution is -0.134. The number of hydrogen-bond acceptors (Lipinski definition) is 5. The number of hydrogen-bond donors (Lipinski definition) is 2. The van der Waals surface area contributed by atoms with Crippen LogP contribution in [0.2, 0.25) is 0 Å². The molecule has 1 fully saturated rings. The van der Waals surface area contributed by atoms with Gasteiger partial charge in [0.15, 0.2) is 0 Å². The van der Waals surface area contributed by atoms with Crippen molar-refractivity contribution in [3.63, 3.8) is 0 Å². The Morgan fingerprint density at radius 1 is 1.32 bits per heavy atom. The zero-order valence-corrected chi connectivity index (χ0v) is 17.3. The number of rotatable bonds is 8. The zero-order valence-electron chi connectivity index (χ0n) is 16.5. The lowest BCUT2D eigenvalue weighted by Gasteiger charge is -2.34. The fraction of sp³-hybridized carbons (Fsp3) is 0.476. The van der Waals surface area contributed by atoms with E-state index in [-0.39, 0.29) is 18.2 Å². The fourth-order valence-electron chi connectivity index (χ4n) is 3.35. The van der Waals surface area contributed by atoms with Crippen LogP contribution in [0.25, 0.3) is 0 Å². The molecule has 2 aromatic rings. The number of carbonyl (C=O) groups is 2. The second-order valence-electron chi connectivity index (χ2n) is 7.17. The number of amides is 2. The molecule has 2 N–H and O–H groups in total. The van der Waals surface area contributed by atoms with Gasteiger partial charge in [-0.05, 0) is 25.8 Å². The standard InChI is InChI=1S/C21H28N4O2S/c1-15-16(2)28-20(24-15)9-6-10-22-19(26)13-18-21(27)23-11-12-25(18)14-17-7-4-3-5-8-17/h3-5,7-8,18H,6,9-14H2,1-2H3,(H,22,26)(H,23,27). The number of aryl methyl sites for hydroxylation is 3. The SMILES string of the molecule is Cc1nc(CCCNC(=O)CC2C(=O)NCCN2Cc2ccccc2)sc1C. The van der Waals surface area contributed by atoms with Crippen LogP contribution in [0.3, 0.4) is 0 Å². The Morgan fingerprint density at radius 2 is 2.11 bits per heavy atom. The van der Waals surface area contributed by atoms with Gasteiger partial charge < -0.3 is 10.6 Å². The number of carbonyl (C=O) groups excluding carboxylic acids is 2. The maximum Gasteiger partial charge on any atom is 0.237 e. The van der Waals surface area contributed by atoms with E-state index < -0.39 is 6.04 Å². The lowest BCUT2D eigenvalue weighted by atomic mass is 10.1. The van der Waals surface area contributed by atoms with Crippen molar-refractivity contribution in [1.29, 1.82) is 0 Å². The first kappa shape index (κ1) is 20.5. The Hall–Kier alpha value is -2.25. The maximum atomic E-state index is 12.4. The summed E-state index contributed by atoms with van der Waals surface area (Å²) in [4.78, 5) is 32.6. The second kappa shape index (κ2) is 9.80. The van der Waals surface area contributed by atoms with E-state index in [0.29, 0.717) is 19.6 Å². The molecule has 0 aliphatic carbocycles. The summed E-state index contributed by atoms with van der Waals surface area (Å²) in [6.45, 7) is 6.75. The molecule has 0 bridgehead atoms. The van der Waals surface area contributed by atoms with Crippen LogP contribution < -0.4 is 10.6 Å². The first-order valence-corrected chi connectivity index (χ1v) is 10.6. The quantitative estimate of drug-likeness (QED) is 0.666. The average Bonchev–Trinajstić information content (AvgIpc) is 3.00. The molecule has 1 aliphatic heterocycles. The Morgan fingerprint density at radius 3 is 2.82 bits per heavy atom. The van der Waals surface area contributed by atoms with Gasteiger partial charge in [-0.1, -0.05) is 30.3 Å². The summed E-state index contributed by atoms with van der Waals surface area (Å²) in [6.07, 6.45) is 1.90. The molecular formula is C21H28N4O2S. The van der Waals surface area contributed by atoms with Crippen molar-refractivity contribution in [2.24, 2.45) is 0 Å². The number of benzene rings is 1. The van der Waals surface area contributed by atoms with E-state index in [9.17, 15) is 9.59 Å². The zero-order chi connectivity index (χ0) is 19.9. The monoisotopic (exact) mass is 400 g/mol. The van der Waals surface area contributed by atoms with Crippen molar-refractivity contribution in [1.82, 2.24) is 20.5 Å². The predicted molar refractivity (Wildman–Crippen MR) is 111 cm³/mol. The molecule has 1 unspecified atom stereocenters. The van der Waals surface area contributed by atoms with Crippen LogP contribution in [-0.4, -0.2) is 47.4 Å². The van der Waals surface area contributed by atoms with Gasteiger partial charge >= 0.3 is 0 Å². The van der Waals surface area contributed by atoms with E-state index in [0.717, 1.165) is 35.7 Å². The molecule has 7 heteroatoms. The highest BCUT2D eigenvalue weighted by molar-refractivity contribution is 7.11. The first-order valence-electron chi connectivity index (χ1n) is 9.78. The molecule has 2 amide bonds. The van der Waals surface area contributed by atoms with E-state index >= 15 is 0 Å². The third-order valence-electron chi connectivity index (χ3n) is 5.01. The Balaban J connectivity index is 1.46. The van der Waals surface area contributed by atoms with Gasteiger partial charge in [0.2, 0.25) is 11.8 Å². The average molecular weight is 401 g/mol. The largest absolute Gasteiger partial charge is 0.356 e. The summed E-state index contributed by atoms with van der Waals surface area (Å²) >= 11 is 1.72. The number of thiazole rings is 1. The van der Waals surface area contributed by atoms with E-state index in [1.807, 2.05) is 37.3 Å². The number of nitrogens with one attached hydrogen (secondary N) is 2. The molecule has 1 atom stereocenters. The molecule has 0 radical (unpaired) electrons. The van der Waals surface area contributed by atoms with Crippen LogP contribution in [0, 0.1) is 13.8 Å². The molecule has 1 aromatic carbocycles. The number of aromatic nitrogens is 1. The highest BCUT2D eigenvalue weighted by Crippen LogP contribution is 2.17. The molecule has 150 valence electrons. The summed E-state index contributed by atoms with van der Waals surface area (Å²) < 4.78 is 0. The van der Waals surface area contributed by atoms with Crippen molar-refractivity contribution in [2.45, 2.75) is 45.7 Å². The lowest BCUT2D eigenvalue weighted by Crippen LogP contribution is -2.56. The summed E-state index contributed by atoms with van der Waals surface area (Å²) in [6, 6.07) is 9.64. The second-order valence-corrected chi connectivity index (χ2v) is 8.46. The van der Waals surface area contributed by atoms with Gasteiger partial charge in [-0.15, -0.1) is 11.3 Å². The van der Waals surface area contributed by atoms with Gasteiger partial charge in [0.25, 0.3) is 0 Å². The van der Waals surface area contributed by atoms with Crippen molar-refractivity contribution in [3.05, 3.63) is 51.5 Å². The highest BCUT2D eigenvalue weighted by atomic mass is 32.1. The molecular weight excluding hydrogens is 372 g/mol. The van der Waals surface area contributed by atoms with Gasteiger partial charge in [-0.2, -0.15) is 0 Å². The summed E-state index contributed by atoms with van der Waals surface area (Å²) in [7, 11) is 0.